The number of carbonyl (C=O) groups excluding carboxylic acids is 1. The van der Waals surface area contributed by atoms with Crippen LogP contribution in [0.3, 0.4) is 0 Å². The molecule has 124 valence electrons. The molecule has 23 heavy (non-hydrogen) atoms. The van der Waals surface area contributed by atoms with Crippen molar-refractivity contribution < 1.29 is 19.4 Å². The Labute approximate surface area is 136 Å². The molecule has 1 saturated heterocycles. The van der Waals surface area contributed by atoms with Gasteiger partial charge in [0, 0.05) is 12.5 Å². The van der Waals surface area contributed by atoms with Crippen LogP contribution in [0.1, 0.15) is 50.1 Å². The molecule has 0 spiro atoms. The molecule has 2 atom stereocenters. The quantitative estimate of drug-likeness (QED) is 0.927. The van der Waals surface area contributed by atoms with Gasteiger partial charge in [-0.3, -0.25) is 9.59 Å². The van der Waals surface area contributed by atoms with E-state index in [1.165, 1.54) is 6.42 Å². The predicted octanol–water partition coefficient (Wildman–Crippen LogP) is 3.00. The van der Waals surface area contributed by atoms with E-state index in [4.69, 9.17) is 4.74 Å². The minimum Gasteiger partial charge on any atom is -0.497 e. The molecule has 1 heterocycles. The van der Waals surface area contributed by atoms with Crippen LogP contribution in [0, 0.1) is 5.92 Å². The Hall–Kier alpha value is -2.04. The number of aliphatic carboxylic acids is 1. The van der Waals surface area contributed by atoms with Gasteiger partial charge >= 0.3 is 5.97 Å². The third-order valence-corrected chi connectivity index (χ3v) is 5.11. The molecule has 1 aliphatic heterocycles. The summed E-state index contributed by atoms with van der Waals surface area (Å²) in [5.74, 6) is -0.852. The molecular weight excluding hydrogens is 294 g/mol. The number of carboxylic acid groups (broad SMARTS) is 1. The first-order valence-corrected chi connectivity index (χ1v) is 8.29. The van der Waals surface area contributed by atoms with Gasteiger partial charge in [-0.1, -0.05) is 31.4 Å². The van der Waals surface area contributed by atoms with Gasteiger partial charge in [0.25, 0.3) is 0 Å². The van der Waals surface area contributed by atoms with Gasteiger partial charge in [-0.2, -0.15) is 0 Å². The maximum Gasteiger partial charge on any atom is 0.309 e. The van der Waals surface area contributed by atoms with E-state index in [-0.39, 0.29) is 24.4 Å². The highest BCUT2D eigenvalue weighted by atomic mass is 16.5. The minimum atomic E-state index is -0.891. The number of amides is 1. The lowest BCUT2D eigenvalue weighted by Crippen LogP contribution is -2.40. The highest BCUT2D eigenvalue weighted by Gasteiger charge is 2.47. The number of likely N-dealkylation sites (tertiary alicyclic amines) is 1. The summed E-state index contributed by atoms with van der Waals surface area (Å²) >= 11 is 0. The predicted molar refractivity (Wildman–Crippen MR) is 85.2 cm³/mol. The Morgan fingerprint density at radius 3 is 2.39 bits per heavy atom. The van der Waals surface area contributed by atoms with Crippen LogP contribution in [-0.2, 0) is 9.59 Å². The third kappa shape index (κ3) is 3.05. The van der Waals surface area contributed by atoms with Gasteiger partial charge in [0.05, 0.1) is 19.1 Å². The lowest BCUT2D eigenvalue weighted by molar-refractivity contribution is -0.142. The highest BCUT2D eigenvalue weighted by molar-refractivity contribution is 5.87. The number of benzene rings is 1. The van der Waals surface area contributed by atoms with Gasteiger partial charge in [0.1, 0.15) is 5.75 Å². The van der Waals surface area contributed by atoms with Crippen LogP contribution >= 0.6 is 0 Å². The van der Waals surface area contributed by atoms with Crippen LogP contribution in [0.5, 0.6) is 5.75 Å². The lowest BCUT2D eigenvalue weighted by atomic mass is 9.90. The van der Waals surface area contributed by atoms with Crippen LogP contribution < -0.4 is 4.74 Å². The number of ether oxygens (including phenoxy) is 1. The first kappa shape index (κ1) is 15.8. The number of hydrogen-bond donors (Lipinski definition) is 1. The standard InChI is InChI=1S/C18H23NO4/c1-23-14-9-7-12(8-10-14)17-15(18(21)22)11-16(20)19(17)13-5-3-2-4-6-13/h7-10,13,15,17H,2-6,11H2,1H3,(H,21,22)/t15-,17+/m0/s1. The maximum absolute atomic E-state index is 12.5. The summed E-state index contributed by atoms with van der Waals surface area (Å²) in [4.78, 5) is 26.1. The van der Waals surface area contributed by atoms with E-state index in [1.54, 1.807) is 7.11 Å². The van der Waals surface area contributed by atoms with Crippen molar-refractivity contribution in [1.29, 1.82) is 0 Å². The molecule has 5 nitrogen and oxygen atoms in total. The highest BCUT2D eigenvalue weighted by Crippen LogP contribution is 2.42. The van der Waals surface area contributed by atoms with E-state index in [1.807, 2.05) is 29.2 Å². The first-order chi connectivity index (χ1) is 11.1. The normalized spacial score (nSPS) is 25.6. The molecule has 1 aliphatic carbocycles. The fourth-order valence-electron chi connectivity index (χ4n) is 3.96. The largest absolute Gasteiger partial charge is 0.497 e. The van der Waals surface area contributed by atoms with Crippen molar-refractivity contribution in [2.45, 2.75) is 50.6 Å². The minimum absolute atomic E-state index is 0.0230. The monoisotopic (exact) mass is 317 g/mol. The number of methoxy groups -OCH3 is 1. The van der Waals surface area contributed by atoms with Gasteiger partial charge in [0.2, 0.25) is 5.91 Å². The molecule has 5 heteroatoms. The summed E-state index contributed by atoms with van der Waals surface area (Å²) in [5.41, 5.74) is 0.884. The fraction of sp³-hybridized carbons (Fsp3) is 0.556. The summed E-state index contributed by atoms with van der Waals surface area (Å²) in [5, 5.41) is 9.58. The molecule has 1 amide bonds. The number of carboxylic acids is 1. The number of rotatable bonds is 4. The second-order valence-electron chi connectivity index (χ2n) is 6.46. The summed E-state index contributed by atoms with van der Waals surface area (Å²) in [7, 11) is 1.60. The van der Waals surface area contributed by atoms with Crippen molar-refractivity contribution >= 4 is 11.9 Å². The molecule has 0 bridgehead atoms. The molecule has 0 radical (unpaired) electrons. The molecule has 1 saturated carbocycles. The summed E-state index contributed by atoms with van der Waals surface area (Å²) in [6.45, 7) is 0. The second-order valence-corrected chi connectivity index (χ2v) is 6.46. The van der Waals surface area contributed by atoms with Crippen LogP contribution in [0.15, 0.2) is 24.3 Å². The zero-order valence-corrected chi connectivity index (χ0v) is 13.4. The zero-order chi connectivity index (χ0) is 16.4. The zero-order valence-electron chi connectivity index (χ0n) is 13.4. The number of carbonyl (C=O) groups is 2. The van der Waals surface area contributed by atoms with Crippen molar-refractivity contribution in [3.63, 3.8) is 0 Å². The lowest BCUT2D eigenvalue weighted by Gasteiger charge is -2.37. The van der Waals surface area contributed by atoms with Gasteiger partial charge in [0.15, 0.2) is 0 Å². The van der Waals surface area contributed by atoms with E-state index in [0.717, 1.165) is 37.0 Å². The van der Waals surface area contributed by atoms with Crippen molar-refractivity contribution in [1.82, 2.24) is 4.90 Å². The average molecular weight is 317 g/mol. The molecule has 2 fully saturated rings. The number of hydrogen-bond acceptors (Lipinski definition) is 3. The molecule has 1 aromatic carbocycles. The fourth-order valence-corrected chi connectivity index (χ4v) is 3.96. The van der Waals surface area contributed by atoms with E-state index in [9.17, 15) is 14.7 Å². The Kier molecular flexibility index (Phi) is 4.55. The Bertz CT molecular complexity index is 577. The molecular formula is C18H23NO4. The van der Waals surface area contributed by atoms with Crippen molar-refractivity contribution in [3.8, 4) is 5.75 Å². The Balaban J connectivity index is 1.94. The Morgan fingerprint density at radius 1 is 1.17 bits per heavy atom. The van der Waals surface area contributed by atoms with Crippen LogP contribution in [0.4, 0.5) is 0 Å². The average Bonchev–Trinajstić information content (AvgIpc) is 2.93. The van der Waals surface area contributed by atoms with Gasteiger partial charge < -0.3 is 14.7 Å². The van der Waals surface area contributed by atoms with Crippen LogP contribution in [-0.4, -0.2) is 35.0 Å². The molecule has 2 aliphatic rings. The van der Waals surface area contributed by atoms with Gasteiger partial charge in [-0.15, -0.1) is 0 Å². The molecule has 3 rings (SSSR count). The van der Waals surface area contributed by atoms with Gasteiger partial charge in [-0.25, -0.2) is 0 Å². The van der Waals surface area contributed by atoms with E-state index in [0.29, 0.717) is 0 Å². The summed E-state index contributed by atoms with van der Waals surface area (Å²) in [6.07, 6.45) is 5.48. The summed E-state index contributed by atoms with van der Waals surface area (Å²) in [6, 6.07) is 7.23. The van der Waals surface area contributed by atoms with Gasteiger partial charge in [-0.05, 0) is 30.5 Å². The second kappa shape index (κ2) is 6.60. The van der Waals surface area contributed by atoms with E-state index >= 15 is 0 Å². The smallest absolute Gasteiger partial charge is 0.309 e. The SMILES string of the molecule is COc1ccc([C@@H]2[C@@H](C(=O)O)CC(=O)N2C2CCCCC2)cc1. The van der Waals surface area contributed by atoms with Crippen molar-refractivity contribution in [2.75, 3.05) is 7.11 Å². The summed E-state index contributed by atoms with van der Waals surface area (Å²) < 4.78 is 5.17. The first-order valence-electron chi connectivity index (χ1n) is 8.29. The van der Waals surface area contributed by atoms with Crippen LogP contribution in [0.2, 0.25) is 0 Å². The topological polar surface area (TPSA) is 66.8 Å². The Morgan fingerprint density at radius 2 is 1.83 bits per heavy atom. The van der Waals surface area contributed by atoms with E-state index < -0.39 is 11.9 Å². The third-order valence-electron chi connectivity index (χ3n) is 5.11. The molecule has 1 N–H and O–H groups in total. The molecule has 1 aromatic rings. The van der Waals surface area contributed by atoms with Crippen LogP contribution in [0.25, 0.3) is 0 Å². The maximum atomic E-state index is 12.5. The van der Waals surface area contributed by atoms with Crippen molar-refractivity contribution in [3.05, 3.63) is 29.8 Å². The van der Waals surface area contributed by atoms with E-state index in [2.05, 4.69) is 0 Å². The van der Waals surface area contributed by atoms with Crippen molar-refractivity contribution in [2.24, 2.45) is 5.92 Å². The molecule has 0 unspecified atom stereocenters. The molecule has 0 aromatic heterocycles. The number of nitrogens with zero attached hydrogens (tertiary/aromatic N) is 1.